The second kappa shape index (κ2) is 14.1. The highest BCUT2D eigenvalue weighted by atomic mass is 35.5. The molecule has 0 fully saturated rings. The molecule has 30 heavy (non-hydrogen) atoms. The SMILES string of the molecule is CCCN(CCC)CC(O)COc1ccccc1C(=O)CCc1ccc(F)cc1.Cl. The van der Waals surface area contributed by atoms with E-state index in [1.807, 2.05) is 6.07 Å². The number of carbonyl (C=O) groups is 1. The summed E-state index contributed by atoms with van der Waals surface area (Å²) < 4.78 is 18.8. The summed E-state index contributed by atoms with van der Waals surface area (Å²) in [5.74, 6) is 0.181. The molecule has 0 bridgehead atoms. The van der Waals surface area contributed by atoms with Gasteiger partial charge in [0.05, 0.1) is 5.56 Å². The van der Waals surface area contributed by atoms with E-state index >= 15 is 0 Å². The highest BCUT2D eigenvalue weighted by Gasteiger charge is 2.15. The van der Waals surface area contributed by atoms with E-state index in [0.717, 1.165) is 31.5 Å². The van der Waals surface area contributed by atoms with E-state index in [4.69, 9.17) is 4.74 Å². The molecule has 0 aliphatic heterocycles. The van der Waals surface area contributed by atoms with Gasteiger partial charge in [0.15, 0.2) is 5.78 Å². The lowest BCUT2D eigenvalue weighted by Crippen LogP contribution is -2.36. The Morgan fingerprint density at radius 1 is 1.07 bits per heavy atom. The summed E-state index contributed by atoms with van der Waals surface area (Å²) in [6, 6.07) is 13.3. The standard InChI is InChI=1S/C24H32FNO3.ClH/c1-3-15-26(16-4-2)17-21(27)18-29-24-8-6-5-7-22(24)23(28)14-11-19-9-12-20(25)13-10-19;/h5-10,12-13,21,27H,3-4,11,14-18H2,1-2H3;1H. The molecule has 0 saturated heterocycles. The van der Waals surface area contributed by atoms with Gasteiger partial charge in [-0.1, -0.05) is 38.1 Å². The number of benzene rings is 2. The number of hydrogen-bond acceptors (Lipinski definition) is 4. The lowest BCUT2D eigenvalue weighted by molar-refractivity contribution is 0.0673. The maximum absolute atomic E-state index is 13.0. The van der Waals surface area contributed by atoms with E-state index in [2.05, 4.69) is 18.7 Å². The summed E-state index contributed by atoms with van der Waals surface area (Å²) in [6.45, 7) is 6.85. The summed E-state index contributed by atoms with van der Waals surface area (Å²) in [5.41, 5.74) is 1.43. The molecule has 1 unspecified atom stereocenters. The molecular formula is C24H33ClFNO3. The van der Waals surface area contributed by atoms with Gasteiger partial charge in [0.2, 0.25) is 0 Å². The first-order valence-electron chi connectivity index (χ1n) is 10.4. The topological polar surface area (TPSA) is 49.8 Å². The normalized spacial score (nSPS) is 11.8. The number of carbonyl (C=O) groups excluding carboxylic acids is 1. The third-order valence-corrected chi connectivity index (χ3v) is 4.72. The number of hydrogen-bond donors (Lipinski definition) is 1. The van der Waals surface area contributed by atoms with E-state index in [-0.39, 0.29) is 30.6 Å². The fourth-order valence-corrected chi connectivity index (χ4v) is 3.33. The Bertz CT molecular complexity index is 748. The Hall–Kier alpha value is -1.95. The lowest BCUT2D eigenvalue weighted by atomic mass is 10.0. The molecule has 4 nitrogen and oxygen atoms in total. The van der Waals surface area contributed by atoms with Gasteiger partial charge in [0.25, 0.3) is 0 Å². The van der Waals surface area contributed by atoms with Crippen LogP contribution in [-0.4, -0.2) is 48.1 Å². The third kappa shape index (κ3) is 8.82. The van der Waals surface area contributed by atoms with Crippen molar-refractivity contribution in [1.29, 1.82) is 0 Å². The first-order valence-corrected chi connectivity index (χ1v) is 10.4. The molecule has 1 atom stereocenters. The van der Waals surface area contributed by atoms with Gasteiger partial charge in [0, 0.05) is 13.0 Å². The smallest absolute Gasteiger partial charge is 0.166 e. The van der Waals surface area contributed by atoms with Crippen molar-refractivity contribution < 1.29 is 19.0 Å². The number of ketones is 1. The van der Waals surface area contributed by atoms with Crippen molar-refractivity contribution in [3.05, 3.63) is 65.5 Å². The van der Waals surface area contributed by atoms with E-state index in [9.17, 15) is 14.3 Å². The summed E-state index contributed by atoms with van der Waals surface area (Å²) in [7, 11) is 0. The largest absolute Gasteiger partial charge is 0.490 e. The molecule has 0 saturated carbocycles. The van der Waals surface area contributed by atoms with Gasteiger partial charge in [-0.3, -0.25) is 4.79 Å². The van der Waals surface area contributed by atoms with Gasteiger partial charge in [-0.05, 0) is 62.2 Å². The number of nitrogens with zero attached hydrogens (tertiary/aromatic N) is 1. The van der Waals surface area contributed by atoms with Gasteiger partial charge >= 0.3 is 0 Å². The zero-order valence-corrected chi connectivity index (χ0v) is 18.7. The van der Waals surface area contributed by atoms with E-state index in [1.165, 1.54) is 12.1 Å². The third-order valence-electron chi connectivity index (χ3n) is 4.72. The zero-order valence-electron chi connectivity index (χ0n) is 17.9. The summed E-state index contributed by atoms with van der Waals surface area (Å²) in [4.78, 5) is 14.9. The second-order valence-corrected chi connectivity index (χ2v) is 7.31. The van der Waals surface area contributed by atoms with Crippen LogP contribution in [0.3, 0.4) is 0 Å². The van der Waals surface area contributed by atoms with Crippen molar-refractivity contribution in [2.45, 2.75) is 45.6 Å². The molecule has 0 aliphatic carbocycles. The Morgan fingerprint density at radius 3 is 2.33 bits per heavy atom. The minimum atomic E-state index is -0.615. The number of aryl methyl sites for hydroxylation is 1. The fourth-order valence-electron chi connectivity index (χ4n) is 3.33. The van der Waals surface area contributed by atoms with Crippen LogP contribution in [0.25, 0.3) is 0 Å². The van der Waals surface area contributed by atoms with Crippen LogP contribution in [0.4, 0.5) is 4.39 Å². The van der Waals surface area contributed by atoms with Crippen LogP contribution in [0, 0.1) is 5.82 Å². The molecular weight excluding hydrogens is 405 g/mol. The minimum absolute atomic E-state index is 0. The molecule has 6 heteroatoms. The molecule has 0 aromatic heterocycles. The van der Waals surface area contributed by atoms with Crippen molar-refractivity contribution in [3.8, 4) is 5.75 Å². The summed E-state index contributed by atoms with van der Waals surface area (Å²) in [5, 5.41) is 10.4. The van der Waals surface area contributed by atoms with Crippen molar-refractivity contribution >= 4 is 18.2 Å². The molecule has 0 heterocycles. The Kier molecular flexibility index (Phi) is 12.3. The monoisotopic (exact) mass is 437 g/mol. The Labute approximate surface area is 185 Å². The number of para-hydroxylation sites is 1. The number of rotatable bonds is 13. The van der Waals surface area contributed by atoms with Gasteiger partial charge in [0.1, 0.15) is 24.3 Å². The maximum atomic E-state index is 13.0. The van der Waals surface area contributed by atoms with Gasteiger partial charge < -0.3 is 14.7 Å². The summed E-state index contributed by atoms with van der Waals surface area (Å²) >= 11 is 0. The second-order valence-electron chi connectivity index (χ2n) is 7.31. The van der Waals surface area contributed by atoms with Gasteiger partial charge in [-0.25, -0.2) is 4.39 Å². The van der Waals surface area contributed by atoms with Crippen molar-refractivity contribution in [3.63, 3.8) is 0 Å². The number of aliphatic hydroxyl groups excluding tert-OH is 1. The fraction of sp³-hybridized carbons (Fsp3) is 0.458. The average molecular weight is 438 g/mol. The van der Waals surface area contributed by atoms with Crippen LogP contribution in [0.5, 0.6) is 5.75 Å². The molecule has 0 spiro atoms. The first-order chi connectivity index (χ1) is 14.0. The van der Waals surface area contributed by atoms with Crippen molar-refractivity contribution in [2.75, 3.05) is 26.2 Å². The van der Waals surface area contributed by atoms with Crippen LogP contribution in [-0.2, 0) is 6.42 Å². The highest BCUT2D eigenvalue weighted by molar-refractivity contribution is 5.98. The van der Waals surface area contributed by atoms with E-state index < -0.39 is 6.10 Å². The first kappa shape index (κ1) is 26.1. The van der Waals surface area contributed by atoms with Crippen LogP contribution in [0.15, 0.2) is 48.5 Å². The molecule has 0 radical (unpaired) electrons. The number of Topliss-reactive ketones (excluding diaryl/α,β-unsaturated/α-hetero) is 1. The molecule has 166 valence electrons. The summed E-state index contributed by atoms with van der Waals surface area (Å²) in [6.07, 6.45) is 2.32. The number of halogens is 2. The van der Waals surface area contributed by atoms with E-state index in [0.29, 0.717) is 30.7 Å². The van der Waals surface area contributed by atoms with E-state index in [1.54, 1.807) is 30.3 Å². The molecule has 2 aromatic carbocycles. The molecule has 1 N–H and O–H groups in total. The molecule has 0 aliphatic rings. The van der Waals surface area contributed by atoms with Crippen LogP contribution in [0.1, 0.15) is 49.0 Å². The van der Waals surface area contributed by atoms with Gasteiger partial charge in [-0.2, -0.15) is 0 Å². The molecule has 2 rings (SSSR count). The van der Waals surface area contributed by atoms with Crippen molar-refractivity contribution in [2.24, 2.45) is 0 Å². The number of ether oxygens (including phenoxy) is 1. The maximum Gasteiger partial charge on any atom is 0.166 e. The zero-order chi connectivity index (χ0) is 21.1. The van der Waals surface area contributed by atoms with Crippen LogP contribution >= 0.6 is 12.4 Å². The quantitative estimate of drug-likeness (QED) is 0.451. The predicted octanol–water partition coefficient (Wildman–Crippen LogP) is 4.92. The average Bonchev–Trinajstić information content (AvgIpc) is 2.72. The Balaban J connectivity index is 0.00000450. The van der Waals surface area contributed by atoms with Gasteiger partial charge in [-0.15, -0.1) is 12.4 Å². The minimum Gasteiger partial charge on any atom is -0.490 e. The highest BCUT2D eigenvalue weighted by Crippen LogP contribution is 2.21. The lowest BCUT2D eigenvalue weighted by Gasteiger charge is -2.24. The Morgan fingerprint density at radius 2 is 1.70 bits per heavy atom. The molecule has 2 aromatic rings. The number of aliphatic hydroxyl groups is 1. The molecule has 0 amide bonds. The van der Waals surface area contributed by atoms with Crippen LogP contribution < -0.4 is 4.74 Å². The van der Waals surface area contributed by atoms with Crippen molar-refractivity contribution in [1.82, 2.24) is 4.90 Å². The predicted molar refractivity (Wildman–Crippen MR) is 121 cm³/mol. The van der Waals surface area contributed by atoms with Crippen LogP contribution in [0.2, 0.25) is 0 Å².